The molecule has 1 atom stereocenters. The zero-order valence-corrected chi connectivity index (χ0v) is 14.1. The molecule has 0 radical (unpaired) electrons. The summed E-state index contributed by atoms with van der Waals surface area (Å²) in [7, 11) is 0. The first-order valence-corrected chi connectivity index (χ1v) is 8.43. The van der Waals surface area contributed by atoms with Crippen molar-refractivity contribution in [2.24, 2.45) is 0 Å². The van der Waals surface area contributed by atoms with Crippen LogP contribution in [-0.4, -0.2) is 36.6 Å². The number of anilines is 1. The Bertz CT molecular complexity index is 664. The van der Waals surface area contributed by atoms with Crippen molar-refractivity contribution in [3.63, 3.8) is 0 Å². The van der Waals surface area contributed by atoms with Gasteiger partial charge in [0, 0.05) is 30.4 Å². The lowest BCUT2D eigenvalue weighted by Gasteiger charge is -2.25. The van der Waals surface area contributed by atoms with Crippen LogP contribution in [0.3, 0.4) is 0 Å². The van der Waals surface area contributed by atoms with Crippen LogP contribution in [0.15, 0.2) is 48.7 Å². The Morgan fingerprint density at radius 2 is 2.12 bits per heavy atom. The van der Waals surface area contributed by atoms with Gasteiger partial charge in [-0.25, -0.2) is 4.98 Å². The molecule has 5 nitrogen and oxygen atoms in total. The molecule has 2 heterocycles. The Morgan fingerprint density at radius 3 is 2.88 bits per heavy atom. The molecular formula is C18H20ClN3O2. The van der Waals surface area contributed by atoms with Crippen molar-refractivity contribution in [2.75, 3.05) is 24.6 Å². The molecule has 1 aromatic heterocycles. The van der Waals surface area contributed by atoms with Gasteiger partial charge in [0.1, 0.15) is 11.6 Å². The van der Waals surface area contributed by atoms with Gasteiger partial charge in [0.2, 0.25) is 0 Å². The summed E-state index contributed by atoms with van der Waals surface area (Å²) in [5, 5.41) is 3.59. The van der Waals surface area contributed by atoms with Gasteiger partial charge in [0.05, 0.1) is 0 Å². The Morgan fingerprint density at radius 1 is 1.29 bits per heavy atom. The fourth-order valence-electron chi connectivity index (χ4n) is 2.84. The van der Waals surface area contributed by atoms with Gasteiger partial charge in [-0.1, -0.05) is 17.7 Å². The second kappa shape index (κ2) is 8.02. The van der Waals surface area contributed by atoms with Gasteiger partial charge in [0.15, 0.2) is 6.61 Å². The van der Waals surface area contributed by atoms with Gasteiger partial charge in [-0.15, -0.1) is 0 Å². The Kier molecular flexibility index (Phi) is 5.54. The predicted molar refractivity (Wildman–Crippen MR) is 94.6 cm³/mol. The largest absolute Gasteiger partial charge is 0.484 e. The van der Waals surface area contributed by atoms with E-state index < -0.39 is 0 Å². The van der Waals surface area contributed by atoms with Crippen molar-refractivity contribution in [2.45, 2.75) is 18.9 Å². The van der Waals surface area contributed by atoms with Crippen molar-refractivity contribution in [1.29, 1.82) is 0 Å². The van der Waals surface area contributed by atoms with Crippen LogP contribution in [0.1, 0.15) is 12.8 Å². The molecule has 3 rings (SSSR count). The quantitative estimate of drug-likeness (QED) is 0.874. The van der Waals surface area contributed by atoms with Crippen LogP contribution >= 0.6 is 11.6 Å². The topological polar surface area (TPSA) is 54.5 Å². The lowest BCUT2D eigenvalue weighted by molar-refractivity contribution is -0.123. The van der Waals surface area contributed by atoms with Crippen molar-refractivity contribution in [3.05, 3.63) is 53.7 Å². The minimum absolute atomic E-state index is 0.00204. The van der Waals surface area contributed by atoms with E-state index in [1.54, 1.807) is 30.5 Å². The van der Waals surface area contributed by atoms with Gasteiger partial charge in [0.25, 0.3) is 5.91 Å². The van der Waals surface area contributed by atoms with E-state index >= 15 is 0 Å². The summed E-state index contributed by atoms with van der Waals surface area (Å²) < 4.78 is 5.45. The van der Waals surface area contributed by atoms with Crippen molar-refractivity contribution >= 4 is 23.3 Å². The number of benzene rings is 1. The number of carbonyl (C=O) groups is 1. The number of carbonyl (C=O) groups excluding carboxylic acids is 1. The Hall–Kier alpha value is -2.27. The molecule has 126 valence electrons. The van der Waals surface area contributed by atoms with Gasteiger partial charge in [-0.2, -0.15) is 0 Å². The summed E-state index contributed by atoms with van der Waals surface area (Å²) in [6.07, 6.45) is 3.95. The van der Waals surface area contributed by atoms with Crippen LogP contribution in [-0.2, 0) is 4.79 Å². The first-order chi connectivity index (χ1) is 11.7. The number of amides is 1. The Labute approximate surface area is 146 Å². The molecular weight excluding hydrogens is 326 g/mol. The number of nitrogens with zero attached hydrogens (tertiary/aromatic N) is 2. The lowest BCUT2D eigenvalue weighted by atomic mass is 10.2. The summed E-state index contributed by atoms with van der Waals surface area (Å²) in [6.45, 7) is 1.57. The number of rotatable bonds is 6. The van der Waals surface area contributed by atoms with E-state index in [0.717, 1.165) is 25.2 Å². The molecule has 1 aliphatic rings. The maximum absolute atomic E-state index is 12.0. The molecule has 1 N–H and O–H groups in total. The number of aromatic nitrogens is 1. The highest BCUT2D eigenvalue weighted by Gasteiger charge is 2.25. The van der Waals surface area contributed by atoms with Gasteiger partial charge < -0.3 is 15.0 Å². The minimum atomic E-state index is -0.127. The summed E-state index contributed by atoms with van der Waals surface area (Å²) in [4.78, 5) is 18.6. The van der Waals surface area contributed by atoms with Crippen LogP contribution in [0.5, 0.6) is 5.75 Å². The van der Waals surface area contributed by atoms with Crippen LogP contribution < -0.4 is 15.0 Å². The van der Waals surface area contributed by atoms with E-state index in [1.165, 1.54) is 0 Å². The Balaban J connectivity index is 1.46. The van der Waals surface area contributed by atoms with E-state index in [2.05, 4.69) is 15.2 Å². The zero-order valence-electron chi connectivity index (χ0n) is 13.3. The molecule has 24 heavy (non-hydrogen) atoms. The third-order valence-electron chi connectivity index (χ3n) is 4.04. The summed E-state index contributed by atoms with van der Waals surface area (Å²) >= 11 is 5.82. The first-order valence-electron chi connectivity index (χ1n) is 8.05. The second-order valence-electron chi connectivity index (χ2n) is 5.72. The van der Waals surface area contributed by atoms with E-state index in [-0.39, 0.29) is 18.6 Å². The number of ether oxygens (including phenoxy) is 1. The fourth-order valence-corrected chi connectivity index (χ4v) is 2.96. The highest BCUT2D eigenvalue weighted by atomic mass is 35.5. The molecule has 1 aliphatic heterocycles. The van der Waals surface area contributed by atoms with Crippen LogP contribution in [0, 0.1) is 0 Å². The lowest BCUT2D eigenvalue weighted by Crippen LogP contribution is -2.42. The molecule has 0 aliphatic carbocycles. The zero-order chi connectivity index (χ0) is 16.8. The molecule has 0 saturated carbocycles. The highest BCUT2D eigenvalue weighted by molar-refractivity contribution is 6.30. The molecule has 0 bridgehead atoms. The summed E-state index contributed by atoms with van der Waals surface area (Å²) in [5.41, 5.74) is 0. The predicted octanol–water partition coefficient (Wildman–Crippen LogP) is 2.90. The number of pyridine rings is 1. The van der Waals surface area contributed by atoms with Crippen molar-refractivity contribution < 1.29 is 9.53 Å². The molecule has 1 aromatic carbocycles. The molecule has 0 unspecified atom stereocenters. The number of hydrogen-bond acceptors (Lipinski definition) is 4. The number of halogens is 1. The van der Waals surface area contributed by atoms with Crippen molar-refractivity contribution in [1.82, 2.24) is 10.3 Å². The van der Waals surface area contributed by atoms with E-state index in [4.69, 9.17) is 16.3 Å². The van der Waals surface area contributed by atoms with E-state index in [0.29, 0.717) is 17.3 Å². The van der Waals surface area contributed by atoms with Gasteiger partial charge in [-0.3, -0.25) is 4.79 Å². The van der Waals surface area contributed by atoms with E-state index in [9.17, 15) is 4.79 Å². The molecule has 2 aromatic rings. The average molecular weight is 346 g/mol. The maximum Gasteiger partial charge on any atom is 0.258 e. The molecule has 0 spiro atoms. The number of nitrogens with one attached hydrogen (secondary N) is 1. The monoisotopic (exact) mass is 345 g/mol. The first kappa shape index (κ1) is 16.6. The van der Waals surface area contributed by atoms with Crippen LogP contribution in [0.25, 0.3) is 0 Å². The summed E-state index contributed by atoms with van der Waals surface area (Å²) in [6, 6.07) is 13.1. The second-order valence-corrected chi connectivity index (χ2v) is 6.16. The fraction of sp³-hybridized carbons (Fsp3) is 0.333. The third-order valence-corrected chi connectivity index (χ3v) is 4.29. The molecule has 1 fully saturated rings. The molecule has 1 amide bonds. The SMILES string of the molecule is O=C(COc1ccc(Cl)cc1)NC[C@@H]1CCCN1c1ccccn1. The van der Waals surface area contributed by atoms with Gasteiger partial charge in [-0.05, 0) is 49.2 Å². The molecule has 6 heteroatoms. The third kappa shape index (κ3) is 4.38. The smallest absolute Gasteiger partial charge is 0.258 e. The molecule has 1 saturated heterocycles. The van der Waals surface area contributed by atoms with E-state index in [1.807, 2.05) is 18.2 Å². The van der Waals surface area contributed by atoms with Crippen LogP contribution in [0.4, 0.5) is 5.82 Å². The summed E-state index contributed by atoms with van der Waals surface area (Å²) in [5.74, 6) is 1.47. The van der Waals surface area contributed by atoms with Crippen molar-refractivity contribution in [3.8, 4) is 5.75 Å². The van der Waals surface area contributed by atoms with Crippen LogP contribution in [0.2, 0.25) is 5.02 Å². The normalized spacial score (nSPS) is 16.9. The average Bonchev–Trinajstić information content (AvgIpc) is 3.09. The maximum atomic E-state index is 12.0. The minimum Gasteiger partial charge on any atom is -0.484 e. The highest BCUT2D eigenvalue weighted by Crippen LogP contribution is 2.22. The number of hydrogen-bond donors (Lipinski definition) is 1. The van der Waals surface area contributed by atoms with Gasteiger partial charge >= 0.3 is 0 Å². The standard InChI is InChI=1S/C18H20ClN3O2/c19-14-6-8-16(9-7-14)24-13-18(23)21-12-15-4-3-11-22(15)17-5-1-2-10-20-17/h1-2,5-10,15H,3-4,11-13H2,(H,21,23)/t15-/m0/s1.